The molecule has 1 aromatic rings. The maximum Gasteiger partial charge on any atom is 0.407 e. The van der Waals surface area contributed by atoms with Gasteiger partial charge in [-0.05, 0) is 44.9 Å². The van der Waals surface area contributed by atoms with Crippen LogP contribution in [0.3, 0.4) is 0 Å². The van der Waals surface area contributed by atoms with E-state index < -0.39 is 17.7 Å². The lowest BCUT2D eigenvalue weighted by molar-refractivity contribution is -0.145. The second-order valence-electron chi connectivity index (χ2n) is 5.94. The first-order valence-corrected chi connectivity index (χ1v) is 7.64. The molecule has 0 heterocycles. The molecule has 0 aliphatic heterocycles. The Morgan fingerprint density at radius 3 is 2.35 bits per heavy atom. The largest absolute Gasteiger partial charge is 0.482 e. The Balaban J connectivity index is 2.15. The van der Waals surface area contributed by atoms with Crippen LogP contribution in [-0.4, -0.2) is 37.4 Å². The molecule has 23 heavy (non-hydrogen) atoms. The molecule has 0 saturated heterocycles. The summed E-state index contributed by atoms with van der Waals surface area (Å²) in [7, 11) is 0. The number of hydrogen-bond donors (Lipinski definition) is 1. The number of amides is 1. The number of esters is 1. The van der Waals surface area contributed by atoms with E-state index in [0.29, 0.717) is 5.75 Å². The third-order valence-electron chi connectivity index (χ3n) is 2.72. The number of carbonyl (C=O) groups excluding carboxylic acids is 2. The van der Waals surface area contributed by atoms with E-state index >= 15 is 0 Å². The van der Waals surface area contributed by atoms with Crippen molar-refractivity contribution in [3.05, 3.63) is 29.8 Å². The molecule has 0 aromatic heterocycles. The number of alkyl carbamates (subject to hydrolysis) is 1. The van der Waals surface area contributed by atoms with Crippen LogP contribution >= 0.6 is 0 Å². The molecule has 128 valence electrons. The van der Waals surface area contributed by atoms with E-state index in [1.807, 2.05) is 24.3 Å². The number of hydrogen-bond acceptors (Lipinski definition) is 5. The van der Waals surface area contributed by atoms with Crippen molar-refractivity contribution in [1.29, 1.82) is 0 Å². The van der Waals surface area contributed by atoms with Gasteiger partial charge in [0.05, 0.1) is 6.54 Å². The zero-order chi connectivity index (χ0) is 17.3. The van der Waals surface area contributed by atoms with Gasteiger partial charge in [-0.3, -0.25) is 0 Å². The Hall–Kier alpha value is -2.24. The molecule has 1 N–H and O–H groups in total. The van der Waals surface area contributed by atoms with Gasteiger partial charge in [-0.25, -0.2) is 9.59 Å². The van der Waals surface area contributed by atoms with Crippen LogP contribution in [0, 0.1) is 0 Å². The number of nitrogens with one attached hydrogen (secondary N) is 1. The highest BCUT2D eigenvalue weighted by molar-refractivity contribution is 5.71. The Kier molecular flexibility index (Phi) is 7.38. The average molecular weight is 323 g/mol. The fourth-order valence-electron chi connectivity index (χ4n) is 1.64. The van der Waals surface area contributed by atoms with Crippen molar-refractivity contribution in [2.24, 2.45) is 0 Å². The minimum atomic E-state index is -0.554. The van der Waals surface area contributed by atoms with E-state index in [9.17, 15) is 9.59 Å². The Morgan fingerprint density at radius 1 is 1.13 bits per heavy atom. The number of ether oxygens (including phenoxy) is 3. The third kappa shape index (κ3) is 8.70. The van der Waals surface area contributed by atoms with Gasteiger partial charge in [0.2, 0.25) is 0 Å². The van der Waals surface area contributed by atoms with Crippen LogP contribution < -0.4 is 10.1 Å². The predicted molar refractivity (Wildman–Crippen MR) is 86.5 cm³/mol. The van der Waals surface area contributed by atoms with Crippen molar-refractivity contribution in [2.45, 2.75) is 39.7 Å². The van der Waals surface area contributed by atoms with Crippen molar-refractivity contribution in [1.82, 2.24) is 5.32 Å². The van der Waals surface area contributed by atoms with Gasteiger partial charge >= 0.3 is 12.1 Å². The van der Waals surface area contributed by atoms with Crippen molar-refractivity contribution in [2.75, 3.05) is 19.8 Å². The molecule has 0 atom stereocenters. The Bertz CT molecular complexity index is 505. The summed E-state index contributed by atoms with van der Waals surface area (Å²) in [5.74, 6) is 0.126. The number of carbonyl (C=O) groups is 2. The smallest absolute Gasteiger partial charge is 0.407 e. The minimum absolute atomic E-state index is 0.0657. The van der Waals surface area contributed by atoms with Gasteiger partial charge in [0.15, 0.2) is 6.61 Å². The van der Waals surface area contributed by atoms with Crippen LogP contribution in [0.5, 0.6) is 5.75 Å². The van der Waals surface area contributed by atoms with Crippen LogP contribution in [0.25, 0.3) is 0 Å². The van der Waals surface area contributed by atoms with E-state index in [-0.39, 0.29) is 19.8 Å². The van der Waals surface area contributed by atoms with Crippen LogP contribution in [0.15, 0.2) is 24.3 Å². The summed E-state index contributed by atoms with van der Waals surface area (Å²) in [5.41, 5.74) is 0.648. The van der Waals surface area contributed by atoms with Gasteiger partial charge in [0.1, 0.15) is 18.0 Å². The van der Waals surface area contributed by atoms with E-state index in [2.05, 4.69) is 12.2 Å². The lowest BCUT2D eigenvalue weighted by atomic mass is 10.2. The molecular weight excluding hydrogens is 298 g/mol. The fourth-order valence-corrected chi connectivity index (χ4v) is 1.64. The third-order valence-corrected chi connectivity index (χ3v) is 2.72. The van der Waals surface area contributed by atoms with Gasteiger partial charge in [-0.2, -0.15) is 0 Å². The van der Waals surface area contributed by atoms with E-state index in [0.717, 1.165) is 6.42 Å². The molecule has 1 rings (SSSR count). The summed E-state index contributed by atoms with van der Waals surface area (Å²) >= 11 is 0. The van der Waals surface area contributed by atoms with Crippen LogP contribution in [0.1, 0.15) is 33.3 Å². The van der Waals surface area contributed by atoms with Crippen molar-refractivity contribution in [3.63, 3.8) is 0 Å². The normalized spacial score (nSPS) is 10.8. The molecule has 0 unspecified atom stereocenters. The summed E-state index contributed by atoms with van der Waals surface area (Å²) in [5, 5.41) is 2.50. The van der Waals surface area contributed by atoms with Crippen molar-refractivity contribution < 1.29 is 23.8 Å². The molecule has 0 radical (unpaired) electrons. The molecule has 1 aromatic carbocycles. The molecule has 0 fully saturated rings. The summed E-state index contributed by atoms with van der Waals surface area (Å²) in [6.45, 7) is 7.48. The van der Waals surface area contributed by atoms with E-state index in [4.69, 9.17) is 14.2 Å². The molecule has 6 nitrogen and oxygen atoms in total. The maximum absolute atomic E-state index is 11.5. The van der Waals surface area contributed by atoms with Gasteiger partial charge < -0.3 is 19.5 Å². The molecule has 0 bridgehead atoms. The molecular formula is C17H25NO5. The number of aryl methyl sites for hydroxylation is 1. The highest BCUT2D eigenvalue weighted by Crippen LogP contribution is 2.12. The first-order valence-electron chi connectivity index (χ1n) is 7.64. The maximum atomic E-state index is 11.5. The topological polar surface area (TPSA) is 73.9 Å². The summed E-state index contributed by atoms with van der Waals surface area (Å²) in [6.07, 6.45) is 0.410. The fraction of sp³-hybridized carbons (Fsp3) is 0.529. The van der Waals surface area contributed by atoms with Gasteiger partial charge in [-0.1, -0.05) is 19.1 Å². The monoisotopic (exact) mass is 323 g/mol. The quantitative estimate of drug-likeness (QED) is 0.617. The molecule has 0 aliphatic carbocycles. The first kappa shape index (κ1) is 18.8. The summed E-state index contributed by atoms with van der Waals surface area (Å²) in [6, 6.07) is 7.53. The SMILES string of the molecule is CCc1ccc(OCC(=O)OCCNC(=O)OC(C)(C)C)cc1. The van der Waals surface area contributed by atoms with Crippen LogP contribution in [0.2, 0.25) is 0 Å². The van der Waals surface area contributed by atoms with Gasteiger partial charge in [0, 0.05) is 0 Å². The van der Waals surface area contributed by atoms with Crippen molar-refractivity contribution >= 4 is 12.1 Å². The van der Waals surface area contributed by atoms with Gasteiger partial charge in [0.25, 0.3) is 0 Å². The van der Waals surface area contributed by atoms with E-state index in [1.54, 1.807) is 20.8 Å². The lowest BCUT2D eigenvalue weighted by Gasteiger charge is -2.19. The Morgan fingerprint density at radius 2 is 1.78 bits per heavy atom. The van der Waals surface area contributed by atoms with Crippen LogP contribution in [0.4, 0.5) is 4.79 Å². The minimum Gasteiger partial charge on any atom is -0.482 e. The molecule has 0 spiro atoms. The second-order valence-corrected chi connectivity index (χ2v) is 5.94. The molecule has 0 saturated carbocycles. The summed E-state index contributed by atoms with van der Waals surface area (Å²) < 4.78 is 15.3. The Labute approximate surface area is 137 Å². The zero-order valence-electron chi connectivity index (χ0n) is 14.2. The van der Waals surface area contributed by atoms with E-state index in [1.165, 1.54) is 5.56 Å². The highest BCUT2D eigenvalue weighted by Gasteiger charge is 2.15. The summed E-state index contributed by atoms with van der Waals surface area (Å²) in [4.78, 5) is 22.9. The van der Waals surface area contributed by atoms with Crippen LogP contribution in [-0.2, 0) is 20.7 Å². The zero-order valence-corrected chi connectivity index (χ0v) is 14.2. The molecule has 1 amide bonds. The number of rotatable bonds is 7. The molecule has 0 aliphatic rings. The number of benzene rings is 1. The first-order chi connectivity index (χ1) is 10.8. The second kappa shape index (κ2) is 9.02. The highest BCUT2D eigenvalue weighted by atomic mass is 16.6. The van der Waals surface area contributed by atoms with Gasteiger partial charge in [-0.15, -0.1) is 0 Å². The van der Waals surface area contributed by atoms with Crippen molar-refractivity contribution in [3.8, 4) is 5.75 Å². The standard InChI is InChI=1S/C17H25NO5/c1-5-13-6-8-14(9-7-13)22-12-15(19)21-11-10-18-16(20)23-17(2,3)4/h6-9H,5,10-12H2,1-4H3,(H,18,20). The predicted octanol–water partition coefficient (Wildman–Crippen LogP) is 2.70. The molecule has 6 heteroatoms. The lowest BCUT2D eigenvalue weighted by Crippen LogP contribution is -2.34. The average Bonchev–Trinajstić information content (AvgIpc) is 2.48.